The summed E-state index contributed by atoms with van der Waals surface area (Å²) < 4.78 is 68.3. The molecule has 0 amide bonds. The molecule has 0 rings (SSSR count). The molecular formula is C72H140O17P2. The monoisotopic (exact) mass is 1340 g/mol. The molecule has 0 radical (unpaired) electrons. The highest BCUT2D eigenvalue weighted by molar-refractivity contribution is 7.47. The van der Waals surface area contributed by atoms with Gasteiger partial charge in [0.05, 0.1) is 26.4 Å². The highest BCUT2D eigenvalue weighted by Crippen LogP contribution is 2.45. The topological polar surface area (TPSA) is 237 Å². The molecule has 0 aromatic heterocycles. The van der Waals surface area contributed by atoms with Crippen LogP contribution in [0.1, 0.15) is 357 Å². The number of rotatable bonds is 69. The molecule has 19 heteroatoms. The average molecular weight is 1340 g/mol. The first kappa shape index (κ1) is 89.1. The number of aliphatic hydroxyl groups is 1. The lowest BCUT2D eigenvalue weighted by molar-refractivity contribution is -0.161. The van der Waals surface area contributed by atoms with E-state index in [1.807, 2.05) is 0 Å². The van der Waals surface area contributed by atoms with Gasteiger partial charge in [-0.2, -0.15) is 0 Å². The molecule has 0 aliphatic rings. The van der Waals surface area contributed by atoms with Gasteiger partial charge < -0.3 is 33.8 Å². The van der Waals surface area contributed by atoms with Crippen LogP contribution in [-0.2, 0) is 65.4 Å². The largest absolute Gasteiger partial charge is 0.472 e. The number of aliphatic hydroxyl groups excluding tert-OH is 1. The summed E-state index contributed by atoms with van der Waals surface area (Å²) in [4.78, 5) is 72.6. The van der Waals surface area contributed by atoms with Crippen LogP contribution in [0, 0.1) is 23.7 Å². The van der Waals surface area contributed by atoms with E-state index in [0.717, 1.165) is 114 Å². The van der Waals surface area contributed by atoms with Gasteiger partial charge in [-0.25, -0.2) is 9.13 Å². The van der Waals surface area contributed by atoms with Crippen LogP contribution in [0.4, 0.5) is 0 Å². The predicted octanol–water partition coefficient (Wildman–Crippen LogP) is 20.5. The Morgan fingerprint density at radius 2 is 0.527 bits per heavy atom. The van der Waals surface area contributed by atoms with Crippen LogP contribution < -0.4 is 0 Å². The van der Waals surface area contributed by atoms with Crippen molar-refractivity contribution < 1.29 is 80.2 Å². The van der Waals surface area contributed by atoms with Crippen molar-refractivity contribution in [1.82, 2.24) is 0 Å². The molecule has 0 saturated heterocycles. The minimum Gasteiger partial charge on any atom is -0.462 e. The Bertz CT molecular complexity index is 1800. The molecule has 3 N–H and O–H groups in total. The van der Waals surface area contributed by atoms with Crippen molar-refractivity contribution >= 4 is 39.5 Å². The third-order valence-corrected chi connectivity index (χ3v) is 18.8. The lowest BCUT2D eigenvalue weighted by Crippen LogP contribution is -2.30. The van der Waals surface area contributed by atoms with Crippen molar-refractivity contribution in [2.45, 2.75) is 375 Å². The third kappa shape index (κ3) is 65.1. The maximum Gasteiger partial charge on any atom is 0.472 e. The number of phosphoric ester groups is 2. The van der Waals surface area contributed by atoms with Gasteiger partial charge >= 0.3 is 39.5 Å². The molecular weight excluding hydrogens is 1200 g/mol. The summed E-state index contributed by atoms with van der Waals surface area (Å²) in [6.45, 7) is 14.1. The van der Waals surface area contributed by atoms with E-state index in [-0.39, 0.29) is 25.7 Å². The summed E-state index contributed by atoms with van der Waals surface area (Å²) in [5.41, 5.74) is 0. The molecule has 0 fully saturated rings. The Morgan fingerprint density at radius 3 is 0.780 bits per heavy atom. The number of ether oxygens (including phenoxy) is 4. The van der Waals surface area contributed by atoms with Gasteiger partial charge in [0.2, 0.25) is 0 Å². The number of carbonyl (C=O) groups excluding carboxylic acids is 4. The second-order valence-electron chi connectivity index (χ2n) is 27.6. The zero-order valence-corrected chi connectivity index (χ0v) is 61.3. The summed E-state index contributed by atoms with van der Waals surface area (Å²) >= 11 is 0. The van der Waals surface area contributed by atoms with Crippen LogP contribution in [-0.4, -0.2) is 96.7 Å². The zero-order valence-electron chi connectivity index (χ0n) is 59.5. The smallest absolute Gasteiger partial charge is 0.462 e. The van der Waals surface area contributed by atoms with Gasteiger partial charge in [0.25, 0.3) is 0 Å². The Hall–Kier alpha value is -1.94. The average Bonchev–Trinajstić information content (AvgIpc) is 3.55. The van der Waals surface area contributed by atoms with E-state index in [9.17, 15) is 43.2 Å². The van der Waals surface area contributed by atoms with Crippen molar-refractivity contribution in [2.24, 2.45) is 23.7 Å². The van der Waals surface area contributed by atoms with E-state index in [0.29, 0.717) is 25.7 Å². The molecule has 0 aliphatic heterocycles. The highest BCUT2D eigenvalue weighted by atomic mass is 31.2. The van der Waals surface area contributed by atoms with Gasteiger partial charge in [-0.05, 0) is 49.4 Å². The lowest BCUT2D eigenvalue weighted by Gasteiger charge is -2.21. The standard InChI is InChI=1S/C72H140O17P2/c1-9-65(8)51-43-35-30-31-39-47-55-72(77)89-68(59-82-69(74)52-44-36-27-20-16-14-12-10-11-13-15-18-24-32-40-48-62(2)3)61-87-91(80,81)85-57-66(73)56-84-90(78,79)86-60-67(58-83-70(75)53-45-37-28-23-22-26-34-42-50-64(6)7)88-71(76)54-46-38-29-21-17-19-25-33-41-49-63(4)5/h62-68,73H,9-61H2,1-8H3,(H,78,79)(H,80,81)/t65?,66?,67-,68-/m1/s1. The molecule has 0 bridgehead atoms. The highest BCUT2D eigenvalue weighted by Gasteiger charge is 2.30. The number of unbranched alkanes of at least 4 members (excludes halogenated alkanes) is 34. The minimum atomic E-state index is -4.95. The molecule has 0 heterocycles. The number of esters is 4. The molecule has 0 aromatic carbocycles. The number of phosphoric acid groups is 2. The molecule has 540 valence electrons. The fourth-order valence-corrected chi connectivity index (χ4v) is 12.4. The maximum atomic E-state index is 13.0. The van der Waals surface area contributed by atoms with E-state index < -0.39 is 97.5 Å². The van der Waals surface area contributed by atoms with Gasteiger partial charge in [-0.1, -0.05) is 306 Å². The van der Waals surface area contributed by atoms with Crippen LogP contribution in [0.15, 0.2) is 0 Å². The van der Waals surface area contributed by atoms with Gasteiger partial charge in [-0.15, -0.1) is 0 Å². The van der Waals surface area contributed by atoms with E-state index in [2.05, 4.69) is 55.4 Å². The van der Waals surface area contributed by atoms with Gasteiger partial charge in [0.1, 0.15) is 19.3 Å². The van der Waals surface area contributed by atoms with Crippen LogP contribution in [0.25, 0.3) is 0 Å². The molecule has 0 saturated carbocycles. The van der Waals surface area contributed by atoms with Crippen molar-refractivity contribution in [3.05, 3.63) is 0 Å². The first-order chi connectivity index (χ1) is 43.6. The van der Waals surface area contributed by atoms with Crippen molar-refractivity contribution in [3.8, 4) is 0 Å². The molecule has 0 spiro atoms. The molecule has 4 unspecified atom stereocenters. The summed E-state index contributed by atoms with van der Waals surface area (Å²) in [6.07, 6.45) is 44.6. The molecule has 0 aliphatic carbocycles. The summed E-state index contributed by atoms with van der Waals surface area (Å²) in [5.74, 6) is 0.859. The van der Waals surface area contributed by atoms with Crippen LogP contribution in [0.3, 0.4) is 0 Å². The van der Waals surface area contributed by atoms with Crippen LogP contribution in [0.2, 0.25) is 0 Å². The van der Waals surface area contributed by atoms with E-state index in [1.165, 1.54) is 161 Å². The lowest BCUT2D eigenvalue weighted by atomic mass is 10.00. The first-order valence-electron chi connectivity index (χ1n) is 37.2. The Kier molecular flexibility index (Phi) is 60.3. The van der Waals surface area contributed by atoms with E-state index in [4.69, 9.17) is 37.0 Å². The Balaban J connectivity index is 5.20. The second kappa shape index (κ2) is 61.6. The predicted molar refractivity (Wildman–Crippen MR) is 367 cm³/mol. The molecule has 17 nitrogen and oxygen atoms in total. The number of hydrogen-bond donors (Lipinski definition) is 3. The van der Waals surface area contributed by atoms with Crippen molar-refractivity contribution in [3.63, 3.8) is 0 Å². The quantitative estimate of drug-likeness (QED) is 0.0222. The van der Waals surface area contributed by atoms with Crippen molar-refractivity contribution in [1.29, 1.82) is 0 Å². The van der Waals surface area contributed by atoms with E-state index in [1.54, 1.807) is 0 Å². The first-order valence-corrected chi connectivity index (χ1v) is 40.2. The fourth-order valence-electron chi connectivity index (χ4n) is 10.8. The van der Waals surface area contributed by atoms with Crippen LogP contribution >= 0.6 is 15.6 Å². The van der Waals surface area contributed by atoms with Gasteiger partial charge in [-0.3, -0.25) is 37.3 Å². The summed E-state index contributed by atoms with van der Waals surface area (Å²) in [5, 5.41) is 10.6. The molecule has 6 atom stereocenters. The molecule has 91 heavy (non-hydrogen) atoms. The Morgan fingerprint density at radius 1 is 0.308 bits per heavy atom. The molecule has 0 aromatic rings. The normalized spacial score (nSPS) is 14.5. The third-order valence-electron chi connectivity index (χ3n) is 16.9. The number of carbonyl (C=O) groups is 4. The number of hydrogen-bond acceptors (Lipinski definition) is 15. The van der Waals surface area contributed by atoms with E-state index >= 15 is 0 Å². The zero-order chi connectivity index (χ0) is 67.5. The SMILES string of the molecule is CCC(C)CCCCCCCCC(=O)O[C@H](COC(=O)CCCCCCCCCCCCCCCCCC(C)C)COP(=O)(O)OCC(O)COP(=O)(O)OC[C@@H](COC(=O)CCCCCCCCCCC(C)C)OC(=O)CCCCCCCCCCCC(C)C. The Labute approximate surface area is 556 Å². The maximum absolute atomic E-state index is 13.0. The van der Waals surface area contributed by atoms with Gasteiger partial charge in [0, 0.05) is 25.7 Å². The summed E-state index contributed by atoms with van der Waals surface area (Å²) in [6, 6.07) is 0. The van der Waals surface area contributed by atoms with Crippen LogP contribution in [0.5, 0.6) is 0 Å². The minimum absolute atomic E-state index is 0.103. The fraction of sp³-hybridized carbons (Fsp3) is 0.944. The van der Waals surface area contributed by atoms with Gasteiger partial charge in [0.15, 0.2) is 12.2 Å². The second-order valence-corrected chi connectivity index (χ2v) is 30.6. The summed E-state index contributed by atoms with van der Waals surface area (Å²) in [7, 11) is -9.90. The van der Waals surface area contributed by atoms with Crippen molar-refractivity contribution in [2.75, 3.05) is 39.6 Å².